The minimum Gasteiger partial charge on any atom is -0.497 e. The van der Waals surface area contributed by atoms with Crippen LogP contribution in [0.1, 0.15) is 27.6 Å². The van der Waals surface area contributed by atoms with Gasteiger partial charge in [0.1, 0.15) is 12.3 Å². The Morgan fingerprint density at radius 3 is 2.62 bits per heavy atom. The van der Waals surface area contributed by atoms with Crippen molar-refractivity contribution in [2.24, 2.45) is 0 Å². The summed E-state index contributed by atoms with van der Waals surface area (Å²) in [7, 11) is 1.64. The number of ether oxygens (including phenoxy) is 1. The normalized spacial score (nSPS) is 15.1. The van der Waals surface area contributed by atoms with Gasteiger partial charge in [-0.05, 0) is 52.8 Å². The number of carbonyl (C=O) groups excluding carboxylic acids is 2. The number of rotatable bonds is 8. The third-order valence-corrected chi connectivity index (χ3v) is 6.92. The van der Waals surface area contributed by atoms with Crippen LogP contribution in [-0.2, 0) is 16.0 Å². The highest BCUT2D eigenvalue weighted by Crippen LogP contribution is 2.38. The third-order valence-electron chi connectivity index (χ3n) is 5.92. The third kappa shape index (κ3) is 5.29. The van der Waals surface area contributed by atoms with E-state index < -0.39 is 0 Å². The first-order valence-electron chi connectivity index (χ1n) is 11.2. The van der Waals surface area contributed by atoms with E-state index in [4.69, 9.17) is 4.74 Å². The quantitative estimate of drug-likeness (QED) is 0.344. The zero-order chi connectivity index (χ0) is 23.9. The fraction of sp³-hybridized carbons (Fsp3) is 0.214. The molecule has 0 saturated heterocycles. The molecule has 34 heavy (non-hydrogen) atoms. The lowest BCUT2D eigenvalue weighted by Crippen LogP contribution is -2.46. The number of fused-ring (bicyclic) bond motifs is 1. The minimum atomic E-state index is -0.216. The van der Waals surface area contributed by atoms with Gasteiger partial charge in [-0.2, -0.15) is 0 Å². The molecule has 2 heterocycles. The molecule has 1 unspecified atom stereocenters. The van der Waals surface area contributed by atoms with Gasteiger partial charge in [0.15, 0.2) is 0 Å². The number of nitrogens with zero attached hydrogens (tertiary/aromatic N) is 2. The molecule has 6 heteroatoms. The van der Waals surface area contributed by atoms with Gasteiger partial charge in [-0.3, -0.25) is 9.59 Å². The summed E-state index contributed by atoms with van der Waals surface area (Å²) in [6, 6.07) is 19.4. The summed E-state index contributed by atoms with van der Waals surface area (Å²) < 4.78 is 5.31. The van der Waals surface area contributed by atoms with E-state index in [1.54, 1.807) is 30.6 Å². The fourth-order valence-corrected chi connectivity index (χ4v) is 5.11. The van der Waals surface area contributed by atoms with Gasteiger partial charge in [-0.1, -0.05) is 48.5 Å². The van der Waals surface area contributed by atoms with Crippen molar-refractivity contribution in [3.63, 3.8) is 0 Å². The van der Waals surface area contributed by atoms with Crippen molar-refractivity contribution in [2.45, 2.75) is 12.5 Å². The van der Waals surface area contributed by atoms with Crippen molar-refractivity contribution < 1.29 is 14.3 Å². The smallest absolute Gasteiger partial charge is 0.247 e. The zero-order valence-electron chi connectivity index (χ0n) is 19.2. The van der Waals surface area contributed by atoms with Crippen molar-refractivity contribution in [1.29, 1.82) is 0 Å². The van der Waals surface area contributed by atoms with Crippen LogP contribution in [-0.4, -0.2) is 48.4 Å². The molecule has 1 aromatic heterocycles. The molecule has 1 aliphatic heterocycles. The van der Waals surface area contributed by atoms with Crippen molar-refractivity contribution in [3.8, 4) is 5.75 Å². The first-order valence-corrected chi connectivity index (χ1v) is 12.1. The van der Waals surface area contributed by atoms with Crippen LogP contribution in [0.4, 0.5) is 0 Å². The topological polar surface area (TPSA) is 49.9 Å². The molecule has 0 bridgehead atoms. The number of hydrogen-bond acceptors (Lipinski definition) is 4. The number of methoxy groups -OCH3 is 1. The van der Waals surface area contributed by atoms with E-state index in [1.165, 1.54) is 15.9 Å². The van der Waals surface area contributed by atoms with Gasteiger partial charge < -0.3 is 14.5 Å². The molecule has 1 aliphatic rings. The number of amides is 2. The minimum absolute atomic E-state index is 0.00386. The van der Waals surface area contributed by atoms with Gasteiger partial charge in [0.25, 0.3) is 0 Å². The molecule has 5 nitrogen and oxygen atoms in total. The molecule has 2 aromatic carbocycles. The highest BCUT2D eigenvalue weighted by molar-refractivity contribution is 7.10. The average Bonchev–Trinajstić information content (AvgIpc) is 3.36. The summed E-state index contributed by atoms with van der Waals surface area (Å²) in [5, 5.41) is 2.08. The summed E-state index contributed by atoms with van der Waals surface area (Å²) >= 11 is 1.73. The van der Waals surface area contributed by atoms with E-state index in [-0.39, 0.29) is 24.4 Å². The molecule has 4 rings (SSSR count). The summed E-state index contributed by atoms with van der Waals surface area (Å²) in [5.41, 5.74) is 3.11. The molecule has 2 amide bonds. The van der Waals surface area contributed by atoms with Crippen molar-refractivity contribution in [1.82, 2.24) is 9.80 Å². The van der Waals surface area contributed by atoms with Crippen LogP contribution >= 0.6 is 11.3 Å². The molecule has 0 N–H and O–H groups in total. The number of thiophene rings is 1. The Bertz CT molecular complexity index is 1170. The summed E-state index contributed by atoms with van der Waals surface area (Å²) in [6.45, 7) is 4.68. The Kier molecular flexibility index (Phi) is 7.60. The van der Waals surface area contributed by atoms with Gasteiger partial charge in [-0.25, -0.2) is 0 Å². The molecule has 0 fully saturated rings. The molecule has 0 spiro atoms. The molecule has 0 saturated carbocycles. The second-order valence-corrected chi connectivity index (χ2v) is 9.06. The maximum absolute atomic E-state index is 13.6. The van der Waals surface area contributed by atoms with E-state index >= 15 is 0 Å². The standard InChI is InChI=1S/C28H28N2O3S/c1-3-17-29(26(31)14-9-21-7-5-4-6-8-21)20-27(32)30-18-15-25-24(16-19-34-25)28(30)22-10-12-23(33-2)13-11-22/h3-14,16,19,28H,1,15,17-18,20H2,2H3/b14-9+. The van der Waals surface area contributed by atoms with E-state index in [0.717, 1.165) is 28.9 Å². The maximum Gasteiger partial charge on any atom is 0.247 e. The van der Waals surface area contributed by atoms with E-state index in [0.29, 0.717) is 13.1 Å². The first-order chi connectivity index (χ1) is 16.6. The van der Waals surface area contributed by atoms with E-state index in [1.807, 2.05) is 59.5 Å². The summed E-state index contributed by atoms with van der Waals surface area (Å²) in [4.78, 5) is 31.2. The van der Waals surface area contributed by atoms with Gasteiger partial charge in [0.05, 0.1) is 13.2 Å². The average molecular weight is 473 g/mol. The van der Waals surface area contributed by atoms with Crippen LogP contribution in [0.3, 0.4) is 0 Å². The Morgan fingerprint density at radius 1 is 1.15 bits per heavy atom. The van der Waals surface area contributed by atoms with E-state index in [2.05, 4.69) is 18.0 Å². The Labute approximate surface area is 204 Å². The number of carbonyl (C=O) groups is 2. The second kappa shape index (κ2) is 11.0. The van der Waals surface area contributed by atoms with Gasteiger partial charge in [0, 0.05) is 24.0 Å². The fourth-order valence-electron chi connectivity index (χ4n) is 4.21. The summed E-state index contributed by atoms with van der Waals surface area (Å²) in [6.07, 6.45) is 5.74. The molecule has 174 valence electrons. The van der Waals surface area contributed by atoms with Crippen LogP contribution in [0.25, 0.3) is 6.08 Å². The second-order valence-electron chi connectivity index (χ2n) is 8.06. The zero-order valence-corrected chi connectivity index (χ0v) is 20.0. The van der Waals surface area contributed by atoms with Crippen LogP contribution in [0, 0.1) is 0 Å². The lowest BCUT2D eigenvalue weighted by molar-refractivity contribution is -0.139. The molecular weight excluding hydrogens is 444 g/mol. The lowest BCUT2D eigenvalue weighted by atomic mass is 9.93. The van der Waals surface area contributed by atoms with Crippen molar-refractivity contribution in [2.75, 3.05) is 26.7 Å². The lowest BCUT2D eigenvalue weighted by Gasteiger charge is -2.37. The summed E-state index contributed by atoms with van der Waals surface area (Å²) in [5.74, 6) is 0.475. The van der Waals surface area contributed by atoms with Gasteiger partial charge >= 0.3 is 0 Å². The molecule has 1 atom stereocenters. The van der Waals surface area contributed by atoms with Gasteiger partial charge in [-0.15, -0.1) is 17.9 Å². The number of benzene rings is 2. The SMILES string of the molecule is C=CCN(CC(=O)N1CCc2sccc2C1c1ccc(OC)cc1)C(=O)/C=C/c1ccccc1. The van der Waals surface area contributed by atoms with Crippen molar-refractivity contribution >= 4 is 29.2 Å². The molecule has 3 aromatic rings. The number of hydrogen-bond donors (Lipinski definition) is 0. The highest BCUT2D eigenvalue weighted by Gasteiger charge is 2.33. The van der Waals surface area contributed by atoms with Crippen LogP contribution in [0.2, 0.25) is 0 Å². The van der Waals surface area contributed by atoms with E-state index in [9.17, 15) is 9.59 Å². The van der Waals surface area contributed by atoms with Gasteiger partial charge in [0.2, 0.25) is 11.8 Å². The van der Waals surface area contributed by atoms with Crippen LogP contribution in [0.15, 0.2) is 84.8 Å². The highest BCUT2D eigenvalue weighted by atomic mass is 32.1. The van der Waals surface area contributed by atoms with Crippen LogP contribution in [0.5, 0.6) is 5.75 Å². The first kappa shape index (κ1) is 23.5. The predicted octanol–water partition coefficient (Wildman–Crippen LogP) is 4.96. The Balaban J connectivity index is 1.55. The van der Waals surface area contributed by atoms with Crippen LogP contribution < -0.4 is 4.74 Å². The monoisotopic (exact) mass is 472 g/mol. The Hall–Kier alpha value is -3.64. The Morgan fingerprint density at radius 2 is 1.91 bits per heavy atom. The maximum atomic E-state index is 13.6. The molecule has 0 aliphatic carbocycles. The largest absolute Gasteiger partial charge is 0.497 e. The molecule has 0 radical (unpaired) electrons. The van der Waals surface area contributed by atoms with Crippen molar-refractivity contribution in [3.05, 3.63) is 106 Å². The molecular formula is C28H28N2O3S. The predicted molar refractivity (Wildman–Crippen MR) is 137 cm³/mol.